The molecule has 0 spiro atoms. The lowest BCUT2D eigenvalue weighted by Crippen LogP contribution is -2.05. The average Bonchev–Trinajstić information content (AvgIpc) is 2.46. The van der Waals surface area contributed by atoms with E-state index in [2.05, 4.69) is 0 Å². The molecule has 0 aliphatic heterocycles. The van der Waals surface area contributed by atoms with Gasteiger partial charge in [0.05, 0.1) is 4.92 Å². The van der Waals surface area contributed by atoms with Crippen molar-refractivity contribution in [3.8, 4) is 5.75 Å². The Labute approximate surface area is 123 Å². The van der Waals surface area contributed by atoms with Crippen LogP contribution in [0.15, 0.2) is 42.5 Å². The van der Waals surface area contributed by atoms with Gasteiger partial charge in [0.15, 0.2) is 0 Å². The third kappa shape index (κ3) is 3.58. The number of rotatable bonds is 5. The molecule has 5 nitrogen and oxygen atoms in total. The van der Waals surface area contributed by atoms with Crippen molar-refractivity contribution in [2.75, 3.05) is 0 Å². The van der Waals surface area contributed by atoms with Gasteiger partial charge in [0.25, 0.3) is 5.69 Å². The van der Waals surface area contributed by atoms with Gasteiger partial charge in [-0.2, -0.15) is 0 Å². The molecule has 2 aromatic carbocycles. The van der Waals surface area contributed by atoms with Crippen LogP contribution >= 0.6 is 0 Å². The first-order valence-corrected chi connectivity index (χ1v) is 6.70. The lowest BCUT2D eigenvalue weighted by Gasteiger charge is -2.11. The topological polar surface area (TPSA) is 78.4 Å². The van der Waals surface area contributed by atoms with Gasteiger partial charge in [-0.15, -0.1) is 0 Å². The van der Waals surface area contributed by atoms with Crippen LogP contribution in [0.5, 0.6) is 5.75 Å². The monoisotopic (exact) mass is 286 g/mol. The van der Waals surface area contributed by atoms with Gasteiger partial charge in [0, 0.05) is 17.7 Å². The van der Waals surface area contributed by atoms with Gasteiger partial charge in [-0.25, -0.2) is 0 Å². The van der Waals surface area contributed by atoms with E-state index < -0.39 is 0 Å². The molecule has 1 atom stereocenters. The van der Waals surface area contributed by atoms with Gasteiger partial charge >= 0.3 is 0 Å². The minimum atomic E-state index is -0.379. The summed E-state index contributed by atoms with van der Waals surface area (Å²) in [7, 11) is 0. The number of ether oxygens (including phenoxy) is 1. The Morgan fingerprint density at radius 2 is 2.00 bits per heavy atom. The Kier molecular flexibility index (Phi) is 4.55. The lowest BCUT2D eigenvalue weighted by molar-refractivity contribution is -0.385. The number of nitro benzene ring substituents is 1. The SMILES string of the molecule is Cc1c(COc2cccc([C@@H](C)N)c2)cccc1[N+](=O)[O-]. The van der Waals surface area contributed by atoms with Crippen molar-refractivity contribution in [3.05, 3.63) is 69.3 Å². The molecular weight excluding hydrogens is 268 g/mol. The summed E-state index contributed by atoms with van der Waals surface area (Å²) in [5.74, 6) is 0.704. The van der Waals surface area contributed by atoms with E-state index in [0.29, 0.717) is 11.3 Å². The van der Waals surface area contributed by atoms with E-state index in [1.807, 2.05) is 37.3 Å². The molecule has 0 bridgehead atoms. The van der Waals surface area contributed by atoms with Crippen molar-refractivity contribution < 1.29 is 9.66 Å². The fourth-order valence-electron chi connectivity index (χ4n) is 2.07. The molecule has 0 saturated heterocycles. The highest BCUT2D eigenvalue weighted by molar-refractivity contribution is 5.44. The minimum absolute atomic E-state index is 0.0619. The first-order valence-electron chi connectivity index (χ1n) is 6.70. The van der Waals surface area contributed by atoms with Gasteiger partial charge in [-0.1, -0.05) is 24.3 Å². The van der Waals surface area contributed by atoms with E-state index >= 15 is 0 Å². The van der Waals surface area contributed by atoms with E-state index in [-0.39, 0.29) is 23.3 Å². The van der Waals surface area contributed by atoms with Crippen LogP contribution < -0.4 is 10.5 Å². The first kappa shape index (κ1) is 15.0. The van der Waals surface area contributed by atoms with Crippen LogP contribution in [0.4, 0.5) is 5.69 Å². The highest BCUT2D eigenvalue weighted by atomic mass is 16.6. The summed E-state index contributed by atoms with van der Waals surface area (Å²) in [6, 6.07) is 12.5. The second-order valence-electron chi connectivity index (χ2n) is 4.97. The molecule has 0 aliphatic carbocycles. The number of nitro groups is 1. The van der Waals surface area contributed by atoms with Crippen molar-refractivity contribution in [2.24, 2.45) is 5.73 Å². The molecule has 0 radical (unpaired) electrons. The van der Waals surface area contributed by atoms with Crippen LogP contribution in [0, 0.1) is 17.0 Å². The number of benzene rings is 2. The van der Waals surface area contributed by atoms with Gasteiger partial charge in [0.2, 0.25) is 0 Å². The molecule has 2 rings (SSSR count). The zero-order chi connectivity index (χ0) is 15.4. The van der Waals surface area contributed by atoms with Gasteiger partial charge in [0.1, 0.15) is 12.4 Å². The third-order valence-corrected chi connectivity index (χ3v) is 3.39. The predicted molar refractivity (Wildman–Crippen MR) is 81.2 cm³/mol. The number of hydrogen-bond donors (Lipinski definition) is 1. The second-order valence-corrected chi connectivity index (χ2v) is 4.97. The van der Waals surface area contributed by atoms with Crippen LogP contribution in [0.2, 0.25) is 0 Å². The fraction of sp³-hybridized carbons (Fsp3) is 0.250. The largest absolute Gasteiger partial charge is 0.489 e. The summed E-state index contributed by atoms with van der Waals surface area (Å²) in [6.07, 6.45) is 0. The molecule has 2 N–H and O–H groups in total. The lowest BCUT2D eigenvalue weighted by atomic mass is 10.1. The maximum atomic E-state index is 10.9. The Morgan fingerprint density at radius 3 is 2.67 bits per heavy atom. The van der Waals surface area contributed by atoms with Gasteiger partial charge in [-0.3, -0.25) is 10.1 Å². The Morgan fingerprint density at radius 1 is 1.29 bits per heavy atom. The Balaban J connectivity index is 2.15. The average molecular weight is 286 g/mol. The van der Waals surface area contributed by atoms with E-state index in [9.17, 15) is 10.1 Å². The fourth-order valence-corrected chi connectivity index (χ4v) is 2.07. The first-order chi connectivity index (χ1) is 9.99. The van der Waals surface area contributed by atoms with E-state index in [1.165, 1.54) is 6.07 Å². The maximum absolute atomic E-state index is 10.9. The molecule has 0 saturated carbocycles. The molecule has 0 unspecified atom stereocenters. The molecule has 0 amide bonds. The number of hydrogen-bond acceptors (Lipinski definition) is 4. The number of nitrogens with zero attached hydrogens (tertiary/aromatic N) is 1. The molecule has 0 fully saturated rings. The Bertz CT molecular complexity index is 654. The summed E-state index contributed by atoms with van der Waals surface area (Å²) in [6.45, 7) is 3.93. The molecule has 110 valence electrons. The normalized spacial score (nSPS) is 12.0. The van der Waals surface area contributed by atoms with E-state index in [1.54, 1.807) is 13.0 Å². The summed E-state index contributed by atoms with van der Waals surface area (Å²) in [5, 5.41) is 10.9. The van der Waals surface area contributed by atoms with Crippen LogP contribution in [0.3, 0.4) is 0 Å². The summed E-state index contributed by atoms with van der Waals surface area (Å²) < 4.78 is 5.72. The van der Waals surface area contributed by atoms with Gasteiger partial charge < -0.3 is 10.5 Å². The number of nitrogens with two attached hydrogens (primary N) is 1. The molecular formula is C16H18N2O3. The molecule has 5 heteroatoms. The minimum Gasteiger partial charge on any atom is -0.489 e. The second kappa shape index (κ2) is 6.37. The summed E-state index contributed by atoms with van der Waals surface area (Å²) in [5.41, 5.74) is 8.37. The van der Waals surface area contributed by atoms with Crippen LogP contribution in [-0.4, -0.2) is 4.92 Å². The van der Waals surface area contributed by atoms with Gasteiger partial charge in [-0.05, 0) is 37.1 Å². The van der Waals surface area contributed by atoms with Crippen LogP contribution in [0.1, 0.15) is 29.7 Å². The Hall–Kier alpha value is -2.40. The quantitative estimate of drug-likeness (QED) is 0.674. The van der Waals surface area contributed by atoms with Crippen LogP contribution in [-0.2, 0) is 6.61 Å². The summed E-state index contributed by atoms with van der Waals surface area (Å²) in [4.78, 5) is 10.5. The smallest absolute Gasteiger partial charge is 0.272 e. The van der Waals surface area contributed by atoms with Crippen molar-refractivity contribution in [1.29, 1.82) is 0 Å². The van der Waals surface area contributed by atoms with E-state index in [0.717, 1.165) is 11.1 Å². The highest BCUT2D eigenvalue weighted by Gasteiger charge is 2.13. The van der Waals surface area contributed by atoms with Crippen molar-refractivity contribution >= 4 is 5.69 Å². The third-order valence-electron chi connectivity index (χ3n) is 3.39. The maximum Gasteiger partial charge on any atom is 0.272 e. The van der Waals surface area contributed by atoms with Crippen LogP contribution in [0.25, 0.3) is 0 Å². The molecule has 0 aromatic heterocycles. The zero-order valence-electron chi connectivity index (χ0n) is 12.1. The standard InChI is InChI=1S/C16H18N2O3/c1-11-14(6-4-8-16(11)18(19)20)10-21-15-7-3-5-13(9-15)12(2)17/h3-9,12H,10,17H2,1-2H3/t12-/m1/s1. The van der Waals surface area contributed by atoms with Crippen molar-refractivity contribution in [2.45, 2.75) is 26.5 Å². The highest BCUT2D eigenvalue weighted by Crippen LogP contribution is 2.23. The van der Waals surface area contributed by atoms with Crippen molar-refractivity contribution in [1.82, 2.24) is 0 Å². The predicted octanol–water partition coefficient (Wildman–Crippen LogP) is 3.50. The van der Waals surface area contributed by atoms with E-state index in [4.69, 9.17) is 10.5 Å². The van der Waals surface area contributed by atoms with Crippen molar-refractivity contribution in [3.63, 3.8) is 0 Å². The molecule has 2 aromatic rings. The molecule has 21 heavy (non-hydrogen) atoms. The summed E-state index contributed by atoms with van der Waals surface area (Å²) >= 11 is 0. The molecule has 0 aliphatic rings. The molecule has 0 heterocycles. The zero-order valence-corrected chi connectivity index (χ0v) is 12.1.